The number of morpholine rings is 1. The lowest BCUT2D eigenvalue weighted by Gasteiger charge is -2.34. The van der Waals surface area contributed by atoms with Crippen LogP contribution in [0.15, 0.2) is 41.6 Å². The van der Waals surface area contributed by atoms with Gasteiger partial charge in [-0.15, -0.1) is 0 Å². The van der Waals surface area contributed by atoms with E-state index in [1.165, 1.54) is 0 Å². The monoisotopic (exact) mass is 516 g/mol. The van der Waals surface area contributed by atoms with Crippen LogP contribution in [0.4, 0.5) is 0 Å². The summed E-state index contributed by atoms with van der Waals surface area (Å²) in [6.45, 7) is 14.1. The number of ether oxygens (including phenoxy) is 1. The third kappa shape index (κ3) is 4.79. The van der Waals surface area contributed by atoms with E-state index in [0.717, 1.165) is 59.1 Å². The quantitative estimate of drug-likeness (QED) is 0.390. The van der Waals surface area contributed by atoms with E-state index in [4.69, 9.17) is 4.74 Å². The lowest BCUT2D eigenvalue weighted by atomic mass is 10.0. The summed E-state index contributed by atoms with van der Waals surface area (Å²) in [4.78, 5) is 35.9. The minimum Gasteiger partial charge on any atom is -0.379 e. The van der Waals surface area contributed by atoms with Gasteiger partial charge in [0.25, 0.3) is 11.5 Å². The Kier molecular flexibility index (Phi) is 7.23. The Morgan fingerprint density at radius 2 is 1.95 bits per heavy atom. The van der Waals surface area contributed by atoms with E-state index in [9.17, 15) is 9.59 Å². The summed E-state index contributed by atoms with van der Waals surface area (Å²) >= 11 is 0. The van der Waals surface area contributed by atoms with Crippen molar-refractivity contribution in [1.29, 1.82) is 0 Å². The zero-order valence-corrected chi connectivity index (χ0v) is 22.8. The molecule has 1 unspecified atom stereocenters. The molecule has 1 aliphatic rings. The van der Waals surface area contributed by atoms with Gasteiger partial charge in [-0.1, -0.05) is 0 Å². The molecule has 0 spiro atoms. The van der Waals surface area contributed by atoms with Crippen molar-refractivity contribution in [3.05, 3.63) is 80.8 Å². The molecule has 0 saturated carbocycles. The van der Waals surface area contributed by atoms with Gasteiger partial charge in [0.05, 0.1) is 13.2 Å². The molecule has 0 radical (unpaired) electrons. The predicted molar refractivity (Wildman–Crippen MR) is 148 cm³/mol. The molecule has 9 heteroatoms. The molecule has 0 aliphatic carbocycles. The van der Waals surface area contributed by atoms with E-state index < -0.39 is 0 Å². The summed E-state index contributed by atoms with van der Waals surface area (Å²) in [6.07, 6.45) is 5.92. The topological polar surface area (TPSA) is 96.7 Å². The summed E-state index contributed by atoms with van der Waals surface area (Å²) in [6, 6.07) is 6.03. The maximum absolute atomic E-state index is 13.6. The molecule has 1 atom stereocenters. The molecule has 38 heavy (non-hydrogen) atoms. The van der Waals surface area contributed by atoms with Gasteiger partial charge in [0, 0.05) is 84.4 Å². The number of pyridine rings is 2. The number of aromatic amines is 1. The summed E-state index contributed by atoms with van der Waals surface area (Å²) < 4.78 is 9.91. The van der Waals surface area contributed by atoms with Crippen molar-refractivity contribution in [2.24, 2.45) is 0 Å². The highest BCUT2D eigenvalue weighted by Gasteiger charge is 2.26. The van der Waals surface area contributed by atoms with Crippen LogP contribution in [0.3, 0.4) is 0 Å². The van der Waals surface area contributed by atoms with Crippen LogP contribution in [-0.4, -0.2) is 56.0 Å². The highest BCUT2D eigenvalue weighted by Crippen LogP contribution is 2.31. The number of aromatic nitrogens is 4. The van der Waals surface area contributed by atoms with Crippen LogP contribution in [0.1, 0.15) is 58.3 Å². The van der Waals surface area contributed by atoms with E-state index in [1.54, 1.807) is 0 Å². The van der Waals surface area contributed by atoms with Gasteiger partial charge in [-0.25, -0.2) is 4.98 Å². The lowest BCUT2D eigenvalue weighted by molar-refractivity contribution is 0.0187. The van der Waals surface area contributed by atoms with Gasteiger partial charge in [-0.3, -0.25) is 14.5 Å². The summed E-state index contributed by atoms with van der Waals surface area (Å²) in [7, 11) is 0. The number of hydrogen-bond donors (Lipinski definition) is 2. The molecular formula is C29H36N6O3. The van der Waals surface area contributed by atoms with Crippen molar-refractivity contribution >= 4 is 11.4 Å². The van der Waals surface area contributed by atoms with E-state index >= 15 is 0 Å². The largest absolute Gasteiger partial charge is 0.379 e. The number of imidazole rings is 1. The Bertz CT molecular complexity index is 1540. The van der Waals surface area contributed by atoms with E-state index in [2.05, 4.69) is 55.3 Å². The van der Waals surface area contributed by atoms with Gasteiger partial charge < -0.3 is 24.0 Å². The maximum Gasteiger partial charge on any atom is 0.253 e. The number of carbonyl (C=O) groups is 1. The third-order valence-electron chi connectivity index (χ3n) is 7.66. The maximum atomic E-state index is 13.6. The molecule has 4 aromatic heterocycles. The predicted octanol–water partition coefficient (Wildman–Crippen LogP) is 3.76. The summed E-state index contributed by atoms with van der Waals surface area (Å²) in [5, 5.41) is 3.00. The second-order valence-electron chi connectivity index (χ2n) is 10.1. The second kappa shape index (κ2) is 10.6. The molecule has 5 heterocycles. The third-order valence-corrected chi connectivity index (χ3v) is 7.66. The van der Waals surface area contributed by atoms with Crippen molar-refractivity contribution in [2.75, 3.05) is 26.3 Å². The highest BCUT2D eigenvalue weighted by molar-refractivity contribution is 5.97. The van der Waals surface area contributed by atoms with Gasteiger partial charge in [0.2, 0.25) is 0 Å². The van der Waals surface area contributed by atoms with Crippen molar-refractivity contribution in [1.82, 2.24) is 29.2 Å². The van der Waals surface area contributed by atoms with Gasteiger partial charge >= 0.3 is 0 Å². The number of H-pyrrole nitrogens is 1. The van der Waals surface area contributed by atoms with E-state index in [0.29, 0.717) is 24.3 Å². The van der Waals surface area contributed by atoms with E-state index in [1.807, 2.05) is 45.3 Å². The van der Waals surface area contributed by atoms with E-state index in [-0.39, 0.29) is 24.1 Å². The Morgan fingerprint density at radius 1 is 1.18 bits per heavy atom. The molecule has 1 aliphatic heterocycles. The summed E-state index contributed by atoms with van der Waals surface area (Å²) in [5.74, 6) is 0.705. The average molecular weight is 517 g/mol. The zero-order chi connectivity index (χ0) is 27.0. The lowest BCUT2D eigenvalue weighted by Crippen LogP contribution is -2.39. The molecule has 1 saturated heterocycles. The van der Waals surface area contributed by atoms with Crippen LogP contribution in [0.5, 0.6) is 0 Å². The number of fused-ring (bicyclic) bond motifs is 1. The molecule has 1 fully saturated rings. The number of amides is 1. The molecule has 0 aromatic carbocycles. The van der Waals surface area contributed by atoms with Gasteiger partial charge in [-0.2, -0.15) is 0 Å². The minimum absolute atomic E-state index is 0.0718. The molecule has 2 N–H and O–H groups in total. The van der Waals surface area contributed by atoms with Crippen LogP contribution in [0, 0.1) is 20.8 Å². The van der Waals surface area contributed by atoms with Crippen LogP contribution in [-0.2, 0) is 17.8 Å². The van der Waals surface area contributed by atoms with Crippen LogP contribution < -0.4 is 10.9 Å². The van der Waals surface area contributed by atoms with Crippen LogP contribution in [0.25, 0.3) is 16.9 Å². The first kappa shape index (κ1) is 25.9. The van der Waals surface area contributed by atoms with Crippen molar-refractivity contribution in [2.45, 2.75) is 53.8 Å². The Hall–Kier alpha value is -3.69. The highest BCUT2D eigenvalue weighted by atomic mass is 16.5. The zero-order valence-electron chi connectivity index (χ0n) is 22.8. The van der Waals surface area contributed by atoms with Crippen molar-refractivity contribution < 1.29 is 9.53 Å². The van der Waals surface area contributed by atoms with Gasteiger partial charge in [-0.05, 0) is 63.9 Å². The number of nitrogens with one attached hydrogen (secondary N) is 2. The molecule has 200 valence electrons. The standard InChI is InChI=1S/C29H36N6O3/c1-6-33-8-7-30-27(33)22-14-23-15-24(28(36)31-16-25-18(2)13-19(3)32-29(25)37)20(4)26(35(23)17-22)21(5)34-9-11-38-12-10-34/h7-8,13-15,17,21H,6,9-12,16H2,1-5H3,(H,31,36)(H,32,37). The number of hydrogen-bond acceptors (Lipinski definition) is 5. The van der Waals surface area contributed by atoms with Crippen molar-refractivity contribution in [3.63, 3.8) is 0 Å². The SMILES string of the molecule is CCn1ccnc1-c1cc2cc(C(=O)NCc3c(C)cc(C)[nH]c3=O)c(C)c(C(C)N3CCOCC3)n2c1. The normalized spacial score (nSPS) is 15.2. The number of rotatable bonds is 7. The Balaban J connectivity index is 1.57. The van der Waals surface area contributed by atoms with Crippen LogP contribution >= 0.6 is 0 Å². The first-order valence-corrected chi connectivity index (χ1v) is 13.2. The second-order valence-corrected chi connectivity index (χ2v) is 10.1. The molecule has 1 amide bonds. The first-order chi connectivity index (χ1) is 18.3. The van der Waals surface area contributed by atoms with Gasteiger partial charge in [0.1, 0.15) is 5.82 Å². The van der Waals surface area contributed by atoms with Crippen LogP contribution in [0.2, 0.25) is 0 Å². The molecule has 4 aromatic rings. The molecule has 0 bridgehead atoms. The van der Waals surface area contributed by atoms with Crippen molar-refractivity contribution in [3.8, 4) is 11.4 Å². The fraction of sp³-hybridized carbons (Fsp3) is 0.414. The molecule has 9 nitrogen and oxygen atoms in total. The Morgan fingerprint density at radius 3 is 2.66 bits per heavy atom. The molecule has 5 rings (SSSR count). The molecular weight excluding hydrogens is 480 g/mol. The Labute approximate surface area is 222 Å². The van der Waals surface area contributed by atoms with Gasteiger partial charge in [0.15, 0.2) is 0 Å². The first-order valence-electron chi connectivity index (χ1n) is 13.2. The number of nitrogens with zero attached hydrogens (tertiary/aromatic N) is 4. The minimum atomic E-state index is -0.197. The fourth-order valence-corrected chi connectivity index (χ4v) is 5.57. The number of aryl methyl sites for hydroxylation is 3. The smallest absolute Gasteiger partial charge is 0.253 e. The summed E-state index contributed by atoms with van der Waals surface area (Å²) in [5.41, 5.74) is 6.61. The number of carbonyl (C=O) groups excluding carboxylic acids is 1. The average Bonchev–Trinajstić information content (AvgIpc) is 3.54. The fourth-order valence-electron chi connectivity index (χ4n) is 5.57.